The van der Waals surface area contributed by atoms with E-state index in [2.05, 4.69) is 18.5 Å². The second kappa shape index (κ2) is 6.80. The van der Waals surface area contributed by atoms with E-state index in [1.807, 2.05) is 24.3 Å². The first kappa shape index (κ1) is 18.3. The highest BCUT2D eigenvalue weighted by molar-refractivity contribution is 7.82. The van der Waals surface area contributed by atoms with E-state index >= 15 is 0 Å². The molecule has 2 aromatic rings. The molecule has 144 valence electrons. The summed E-state index contributed by atoms with van der Waals surface area (Å²) in [6.07, 6.45) is 4.96. The van der Waals surface area contributed by atoms with Crippen LogP contribution in [-0.2, 0) is 10.4 Å². The first-order valence-corrected chi connectivity index (χ1v) is 10.6. The molecule has 1 aliphatic carbocycles. The molecule has 1 aromatic heterocycles. The lowest BCUT2D eigenvalue weighted by Crippen LogP contribution is -2.25. The Hall–Kier alpha value is -2.12. The van der Waals surface area contributed by atoms with Crippen LogP contribution in [0.4, 0.5) is 0 Å². The highest BCUT2D eigenvalue weighted by Gasteiger charge is 2.39. The number of benzene rings is 1. The molecule has 4 atom stereocenters. The summed E-state index contributed by atoms with van der Waals surface area (Å²) in [6, 6.07) is 7.23. The molecule has 2 aliphatic rings. The first-order valence-electron chi connectivity index (χ1n) is 9.26. The predicted molar refractivity (Wildman–Crippen MR) is 102 cm³/mol. The number of para-hydroxylation sites is 1. The number of aliphatic hydroxyl groups excluding tert-OH is 1. The van der Waals surface area contributed by atoms with Crippen molar-refractivity contribution < 1.29 is 21.9 Å². The zero-order chi connectivity index (χ0) is 19.2. The lowest BCUT2D eigenvalue weighted by molar-refractivity contribution is 0.0621. The van der Waals surface area contributed by atoms with E-state index in [0.717, 1.165) is 25.7 Å². The van der Waals surface area contributed by atoms with Crippen molar-refractivity contribution in [3.8, 4) is 11.6 Å². The van der Waals surface area contributed by atoms with Gasteiger partial charge in [0.15, 0.2) is 0 Å². The van der Waals surface area contributed by atoms with E-state index in [4.69, 9.17) is 8.37 Å². The second-order valence-electron chi connectivity index (χ2n) is 7.48. The molecular formula is C20H23NO5S. The summed E-state index contributed by atoms with van der Waals surface area (Å²) in [4.78, 5) is 4.25. The maximum atomic E-state index is 11.8. The molecule has 0 saturated heterocycles. The fourth-order valence-electron chi connectivity index (χ4n) is 4.30. The van der Waals surface area contributed by atoms with Crippen molar-refractivity contribution >= 4 is 21.3 Å². The van der Waals surface area contributed by atoms with Gasteiger partial charge in [0.25, 0.3) is 5.88 Å². The zero-order valence-corrected chi connectivity index (χ0v) is 16.0. The van der Waals surface area contributed by atoms with E-state index in [9.17, 15) is 13.5 Å². The molecule has 1 fully saturated rings. The monoisotopic (exact) mass is 389 g/mol. The normalized spacial score (nSPS) is 25.9. The summed E-state index contributed by atoms with van der Waals surface area (Å²) >= 11 is 0. The molecule has 6 nitrogen and oxygen atoms in total. The van der Waals surface area contributed by atoms with E-state index in [-0.39, 0.29) is 17.5 Å². The van der Waals surface area contributed by atoms with Crippen molar-refractivity contribution in [3.05, 3.63) is 42.5 Å². The van der Waals surface area contributed by atoms with Gasteiger partial charge in [0.05, 0.1) is 11.6 Å². The summed E-state index contributed by atoms with van der Waals surface area (Å²) in [5.41, 5.74) is 1.02. The van der Waals surface area contributed by atoms with Crippen LogP contribution in [0.3, 0.4) is 0 Å². The van der Waals surface area contributed by atoms with Crippen LogP contribution in [0.5, 0.6) is 11.6 Å². The average Bonchev–Trinajstić information content (AvgIpc) is 2.98. The number of rotatable bonds is 4. The fourth-order valence-corrected chi connectivity index (χ4v) is 5.01. The van der Waals surface area contributed by atoms with Gasteiger partial charge in [-0.3, -0.25) is 0 Å². The highest BCUT2D eigenvalue weighted by Crippen LogP contribution is 2.48. The van der Waals surface area contributed by atoms with Crippen molar-refractivity contribution in [2.75, 3.05) is 0 Å². The van der Waals surface area contributed by atoms with Crippen molar-refractivity contribution in [2.45, 2.75) is 38.7 Å². The van der Waals surface area contributed by atoms with Crippen LogP contribution in [0.25, 0.3) is 10.9 Å². The number of aromatic nitrogens is 1. The molecule has 0 radical (unpaired) electrons. The number of pyridine rings is 1. The Morgan fingerprint density at radius 2 is 2.00 bits per heavy atom. The van der Waals surface area contributed by atoms with E-state index in [1.54, 1.807) is 6.07 Å². The lowest BCUT2D eigenvalue weighted by Gasteiger charge is -2.34. The Morgan fingerprint density at radius 3 is 2.78 bits per heavy atom. The van der Waals surface area contributed by atoms with E-state index < -0.39 is 16.5 Å². The average molecular weight is 389 g/mol. The van der Waals surface area contributed by atoms with Crippen LogP contribution in [0.15, 0.2) is 36.9 Å². The Morgan fingerprint density at radius 1 is 1.26 bits per heavy atom. The molecule has 1 aliphatic heterocycles. The van der Waals surface area contributed by atoms with Gasteiger partial charge in [-0.2, -0.15) is 0 Å². The van der Waals surface area contributed by atoms with Crippen LogP contribution in [0.1, 0.15) is 44.3 Å². The van der Waals surface area contributed by atoms with E-state index in [1.165, 1.54) is 0 Å². The minimum atomic E-state index is -4.18. The Labute approximate surface area is 159 Å². The standard InChI is InChI=1S/C20H23NO5S/c1-3-12(2)13-7-6-8-14(11-13)18(22)17-15-9-4-5-10-16(15)21-20-19(17)25-27(23,24)26-20/h3-5,9-10,12-14,18,22H,1,6-8,11H2,2H3/t12?,13?,14?,18-/m1/s1. The molecule has 0 bridgehead atoms. The summed E-state index contributed by atoms with van der Waals surface area (Å²) in [5.74, 6) is 0.750. The number of fused-ring (bicyclic) bond motifs is 2. The van der Waals surface area contributed by atoms with Gasteiger partial charge in [0, 0.05) is 10.9 Å². The first-order chi connectivity index (χ1) is 12.9. The number of hydrogen-bond acceptors (Lipinski definition) is 6. The smallest absolute Gasteiger partial charge is 0.388 e. The molecule has 0 amide bonds. The minimum absolute atomic E-state index is 0.00737. The second-order valence-corrected chi connectivity index (χ2v) is 8.63. The van der Waals surface area contributed by atoms with Crippen LogP contribution < -0.4 is 8.37 Å². The lowest BCUT2D eigenvalue weighted by atomic mass is 9.72. The van der Waals surface area contributed by atoms with Crippen molar-refractivity contribution in [2.24, 2.45) is 17.8 Å². The van der Waals surface area contributed by atoms with Crippen molar-refractivity contribution in [3.63, 3.8) is 0 Å². The van der Waals surface area contributed by atoms with Gasteiger partial charge in [-0.25, -0.2) is 4.98 Å². The minimum Gasteiger partial charge on any atom is -0.388 e. The number of aliphatic hydroxyl groups is 1. The Kier molecular flexibility index (Phi) is 4.60. The van der Waals surface area contributed by atoms with Crippen LogP contribution >= 0.6 is 0 Å². The third-order valence-corrected chi connectivity index (χ3v) is 6.57. The molecule has 1 aromatic carbocycles. The summed E-state index contributed by atoms with van der Waals surface area (Å²) in [5, 5.41) is 11.9. The molecule has 2 heterocycles. The number of nitrogens with zero attached hydrogens (tertiary/aromatic N) is 1. The van der Waals surface area contributed by atoms with Crippen LogP contribution in [-0.4, -0.2) is 18.5 Å². The van der Waals surface area contributed by atoms with Gasteiger partial charge >= 0.3 is 10.4 Å². The maximum absolute atomic E-state index is 11.8. The molecule has 1 saturated carbocycles. The molecular weight excluding hydrogens is 366 g/mol. The third kappa shape index (κ3) is 3.30. The molecule has 7 heteroatoms. The fraction of sp³-hybridized carbons (Fsp3) is 0.450. The molecule has 0 spiro atoms. The zero-order valence-electron chi connectivity index (χ0n) is 15.2. The van der Waals surface area contributed by atoms with Gasteiger partial charge in [-0.1, -0.05) is 37.6 Å². The summed E-state index contributed by atoms with van der Waals surface area (Å²) < 4.78 is 33.6. The molecule has 4 rings (SSSR count). The highest BCUT2D eigenvalue weighted by atomic mass is 32.3. The summed E-state index contributed by atoms with van der Waals surface area (Å²) in [7, 11) is -4.18. The van der Waals surface area contributed by atoms with Crippen molar-refractivity contribution in [1.29, 1.82) is 0 Å². The quantitative estimate of drug-likeness (QED) is 0.798. The van der Waals surface area contributed by atoms with Gasteiger partial charge < -0.3 is 13.5 Å². The van der Waals surface area contributed by atoms with E-state index in [0.29, 0.717) is 28.3 Å². The Bertz CT molecular complexity index is 987. The summed E-state index contributed by atoms with van der Waals surface area (Å²) in [6.45, 7) is 6.04. The van der Waals surface area contributed by atoms with Crippen LogP contribution in [0, 0.1) is 17.8 Å². The largest absolute Gasteiger partial charge is 0.502 e. The van der Waals surface area contributed by atoms with Gasteiger partial charge in [-0.05, 0) is 43.1 Å². The molecule has 3 unspecified atom stereocenters. The van der Waals surface area contributed by atoms with Gasteiger partial charge in [-0.15, -0.1) is 15.0 Å². The third-order valence-electron chi connectivity index (χ3n) is 5.83. The van der Waals surface area contributed by atoms with Crippen molar-refractivity contribution in [1.82, 2.24) is 4.98 Å². The maximum Gasteiger partial charge on any atom is 0.502 e. The SMILES string of the molecule is C=CC(C)C1CCCC([C@@H](O)c2c3c(nc4ccccc24)OS(=O)(=O)O3)C1. The van der Waals surface area contributed by atoms with Gasteiger partial charge in [0.1, 0.15) is 0 Å². The van der Waals surface area contributed by atoms with Gasteiger partial charge in [0.2, 0.25) is 5.75 Å². The molecule has 27 heavy (non-hydrogen) atoms. The number of allylic oxidation sites excluding steroid dienone is 1. The number of hydrogen-bond donors (Lipinski definition) is 1. The Balaban J connectivity index is 1.78. The van der Waals surface area contributed by atoms with Crippen LogP contribution in [0.2, 0.25) is 0 Å². The predicted octanol–water partition coefficient (Wildman–Crippen LogP) is 3.91. The molecule has 1 N–H and O–H groups in total. The topological polar surface area (TPSA) is 85.7 Å².